The maximum absolute atomic E-state index is 5.96. The van der Waals surface area contributed by atoms with Crippen molar-refractivity contribution in [2.45, 2.75) is 13.1 Å². The second kappa shape index (κ2) is 2.31. The van der Waals surface area contributed by atoms with Crippen LogP contribution in [-0.4, -0.2) is 6.17 Å². The molecule has 2 nitrogen and oxygen atoms in total. The largest absolute Gasteiger partial charge is 0.363 e. The molecule has 1 N–H and O–H groups in total. The Bertz CT molecular complexity index is 275. The van der Waals surface area contributed by atoms with Gasteiger partial charge in [0.1, 0.15) is 6.17 Å². The molecule has 0 saturated carbocycles. The molecule has 0 radical (unpaired) electrons. The maximum atomic E-state index is 5.96. The summed E-state index contributed by atoms with van der Waals surface area (Å²) in [5, 5.41) is 3.24. The van der Waals surface area contributed by atoms with Gasteiger partial charge < -0.3 is 5.32 Å². The summed E-state index contributed by atoms with van der Waals surface area (Å²) in [6, 6.07) is 8.00. The third kappa shape index (κ3) is 0.942. The van der Waals surface area contributed by atoms with Gasteiger partial charge in [-0.1, -0.05) is 12.1 Å². The van der Waals surface area contributed by atoms with E-state index in [4.69, 9.17) is 11.8 Å². The van der Waals surface area contributed by atoms with Gasteiger partial charge in [0.15, 0.2) is 0 Å². The Labute approximate surface area is 70.9 Å². The molecule has 1 heterocycles. The number of halogens is 1. The molecule has 1 unspecified atom stereocenters. The summed E-state index contributed by atoms with van der Waals surface area (Å²) in [7, 11) is 0. The fourth-order valence-corrected chi connectivity index (χ4v) is 1.47. The molecule has 2 rings (SSSR count). The van der Waals surface area contributed by atoms with E-state index in [2.05, 4.69) is 5.32 Å². The summed E-state index contributed by atoms with van der Waals surface area (Å²) >= 11 is 5.96. The van der Waals surface area contributed by atoms with Crippen molar-refractivity contribution in [1.82, 2.24) is 0 Å². The predicted molar refractivity (Wildman–Crippen MR) is 47.9 cm³/mol. The van der Waals surface area contributed by atoms with Crippen molar-refractivity contribution in [3.05, 3.63) is 24.3 Å². The van der Waals surface area contributed by atoms with Crippen LogP contribution in [0.3, 0.4) is 0 Å². The van der Waals surface area contributed by atoms with Crippen LogP contribution in [0.5, 0.6) is 0 Å². The van der Waals surface area contributed by atoms with Gasteiger partial charge in [-0.2, -0.15) is 0 Å². The molecule has 0 amide bonds. The van der Waals surface area contributed by atoms with Crippen LogP contribution >= 0.6 is 11.8 Å². The Hall–Kier alpha value is -0.890. The number of hydrogen-bond acceptors (Lipinski definition) is 2. The van der Waals surface area contributed by atoms with Crippen LogP contribution in [0.15, 0.2) is 24.3 Å². The van der Waals surface area contributed by atoms with Crippen LogP contribution in [0.1, 0.15) is 6.92 Å². The van der Waals surface area contributed by atoms with Crippen molar-refractivity contribution < 1.29 is 0 Å². The van der Waals surface area contributed by atoms with Crippen LogP contribution < -0.4 is 9.74 Å². The third-order valence-corrected chi connectivity index (χ3v) is 2.31. The average molecular weight is 169 g/mol. The number of nitrogens with one attached hydrogen (secondary N) is 1. The van der Waals surface area contributed by atoms with Crippen molar-refractivity contribution in [3.63, 3.8) is 0 Å². The van der Waals surface area contributed by atoms with Crippen molar-refractivity contribution in [2.75, 3.05) is 9.74 Å². The molecule has 1 aromatic carbocycles. The molecule has 0 spiro atoms. The number of benzene rings is 1. The van der Waals surface area contributed by atoms with Crippen LogP contribution in [0.25, 0.3) is 0 Å². The summed E-state index contributed by atoms with van der Waals surface area (Å²) in [5.74, 6) is 0. The molecule has 11 heavy (non-hydrogen) atoms. The Morgan fingerprint density at radius 3 is 2.91 bits per heavy atom. The first-order valence-corrected chi connectivity index (χ1v) is 3.93. The molecule has 0 aliphatic carbocycles. The Morgan fingerprint density at radius 1 is 1.45 bits per heavy atom. The van der Waals surface area contributed by atoms with Gasteiger partial charge in [-0.15, -0.1) is 0 Å². The number of para-hydroxylation sites is 2. The number of hydrogen-bond donors (Lipinski definition) is 1. The highest BCUT2D eigenvalue weighted by molar-refractivity contribution is 6.27. The van der Waals surface area contributed by atoms with E-state index in [0.717, 1.165) is 11.4 Å². The smallest absolute Gasteiger partial charge is 0.112 e. The van der Waals surface area contributed by atoms with Crippen LogP contribution in [0, 0.1) is 0 Å². The first-order valence-electron chi connectivity index (χ1n) is 3.59. The van der Waals surface area contributed by atoms with Crippen molar-refractivity contribution in [3.8, 4) is 0 Å². The van der Waals surface area contributed by atoms with Crippen LogP contribution in [0.4, 0.5) is 11.4 Å². The lowest BCUT2D eigenvalue weighted by Crippen LogP contribution is -2.23. The standard InChI is InChI=1S/C8H9ClN2/c1-6-10-7-4-2-3-5-8(7)11(6)9/h2-6,10H,1H3. The minimum absolute atomic E-state index is 0.189. The van der Waals surface area contributed by atoms with Gasteiger partial charge in [0.2, 0.25) is 0 Å². The van der Waals surface area contributed by atoms with Crippen LogP contribution in [0.2, 0.25) is 0 Å². The summed E-state index contributed by atoms with van der Waals surface area (Å²) in [6.45, 7) is 2.02. The van der Waals surface area contributed by atoms with Crippen molar-refractivity contribution in [2.24, 2.45) is 0 Å². The summed E-state index contributed by atoms with van der Waals surface area (Å²) in [4.78, 5) is 0. The zero-order valence-corrected chi connectivity index (χ0v) is 6.97. The van der Waals surface area contributed by atoms with E-state index in [0.29, 0.717) is 0 Å². The van der Waals surface area contributed by atoms with E-state index in [1.165, 1.54) is 0 Å². The molecule has 58 valence electrons. The highest BCUT2D eigenvalue weighted by Gasteiger charge is 2.22. The lowest BCUT2D eigenvalue weighted by atomic mass is 10.3. The second-order valence-electron chi connectivity index (χ2n) is 2.65. The Morgan fingerprint density at radius 2 is 2.18 bits per heavy atom. The highest BCUT2D eigenvalue weighted by Crippen LogP contribution is 2.34. The summed E-state index contributed by atoms with van der Waals surface area (Å²) < 4.78 is 1.70. The first kappa shape index (κ1) is 6.80. The SMILES string of the molecule is CC1Nc2ccccc2N1Cl. The van der Waals surface area contributed by atoms with Crippen LogP contribution in [-0.2, 0) is 0 Å². The molecule has 0 bridgehead atoms. The third-order valence-electron chi connectivity index (χ3n) is 1.84. The van der Waals surface area contributed by atoms with E-state index < -0.39 is 0 Å². The average Bonchev–Trinajstić information content (AvgIpc) is 2.30. The highest BCUT2D eigenvalue weighted by atomic mass is 35.5. The molecule has 0 fully saturated rings. The van der Waals surface area contributed by atoms with Gasteiger partial charge >= 0.3 is 0 Å². The van der Waals surface area contributed by atoms with E-state index in [1.54, 1.807) is 4.42 Å². The fourth-order valence-electron chi connectivity index (χ4n) is 1.27. The molecular formula is C8H9ClN2. The molecule has 1 aromatic rings. The number of nitrogens with zero attached hydrogens (tertiary/aromatic N) is 1. The molecular weight excluding hydrogens is 160 g/mol. The van der Waals surface area contributed by atoms with Gasteiger partial charge in [0.05, 0.1) is 11.4 Å². The fraction of sp³-hybridized carbons (Fsp3) is 0.250. The Balaban J connectivity index is 2.47. The lowest BCUT2D eigenvalue weighted by molar-refractivity contribution is 0.886. The van der Waals surface area contributed by atoms with Gasteiger partial charge in [0, 0.05) is 11.8 Å². The number of anilines is 2. The minimum atomic E-state index is 0.189. The zero-order valence-electron chi connectivity index (χ0n) is 6.21. The van der Waals surface area contributed by atoms with Crippen molar-refractivity contribution >= 4 is 23.2 Å². The Kier molecular flexibility index (Phi) is 1.43. The first-order chi connectivity index (χ1) is 5.29. The molecule has 1 aliphatic heterocycles. The predicted octanol–water partition coefficient (Wildman–Crippen LogP) is 2.42. The van der Waals surface area contributed by atoms with E-state index in [-0.39, 0.29) is 6.17 Å². The van der Waals surface area contributed by atoms with E-state index in [9.17, 15) is 0 Å². The topological polar surface area (TPSA) is 15.3 Å². The molecule has 3 heteroatoms. The van der Waals surface area contributed by atoms with Gasteiger partial charge in [-0.3, -0.25) is 4.42 Å². The lowest BCUT2D eigenvalue weighted by Gasteiger charge is -2.12. The second-order valence-corrected chi connectivity index (χ2v) is 3.01. The summed E-state index contributed by atoms with van der Waals surface area (Å²) in [6.07, 6.45) is 0.189. The molecule has 0 aromatic heterocycles. The maximum Gasteiger partial charge on any atom is 0.112 e. The molecule has 1 aliphatic rings. The number of fused-ring (bicyclic) bond motifs is 1. The minimum Gasteiger partial charge on any atom is -0.363 e. The molecule has 0 saturated heterocycles. The zero-order chi connectivity index (χ0) is 7.84. The van der Waals surface area contributed by atoms with Crippen molar-refractivity contribution in [1.29, 1.82) is 0 Å². The van der Waals surface area contributed by atoms with E-state index >= 15 is 0 Å². The van der Waals surface area contributed by atoms with Gasteiger partial charge in [-0.25, -0.2) is 0 Å². The normalized spacial score (nSPS) is 21.3. The van der Waals surface area contributed by atoms with Gasteiger partial charge in [0.25, 0.3) is 0 Å². The van der Waals surface area contributed by atoms with Gasteiger partial charge in [-0.05, 0) is 19.1 Å². The number of rotatable bonds is 0. The summed E-state index contributed by atoms with van der Waals surface area (Å²) in [5.41, 5.74) is 2.16. The monoisotopic (exact) mass is 168 g/mol. The molecule has 1 atom stereocenters. The van der Waals surface area contributed by atoms with E-state index in [1.807, 2.05) is 31.2 Å². The quantitative estimate of drug-likeness (QED) is 0.599.